The van der Waals surface area contributed by atoms with Crippen molar-refractivity contribution in [3.63, 3.8) is 0 Å². The Kier molecular flexibility index (Phi) is 6.06. The number of amides is 2. The Labute approximate surface area is 171 Å². The van der Waals surface area contributed by atoms with Crippen molar-refractivity contribution >= 4 is 28.5 Å². The number of methoxy groups -OCH3 is 1. The summed E-state index contributed by atoms with van der Waals surface area (Å²) >= 11 is 0. The van der Waals surface area contributed by atoms with E-state index in [2.05, 4.69) is 20.7 Å². The van der Waals surface area contributed by atoms with E-state index in [1.54, 1.807) is 31.6 Å². The van der Waals surface area contributed by atoms with Crippen molar-refractivity contribution in [2.75, 3.05) is 25.6 Å². The fourth-order valence-corrected chi connectivity index (χ4v) is 3.12. The van der Waals surface area contributed by atoms with Gasteiger partial charge in [0.05, 0.1) is 34.5 Å². The molecule has 158 valence electrons. The summed E-state index contributed by atoms with van der Waals surface area (Å²) in [4.78, 5) is 29.5. The van der Waals surface area contributed by atoms with Crippen LogP contribution < -0.4 is 10.6 Å². The smallest absolute Gasteiger partial charge is 0.256 e. The molecule has 10 heteroatoms. The molecule has 2 N–H and O–H groups in total. The number of anilines is 1. The Morgan fingerprint density at radius 3 is 2.53 bits per heavy atom. The Morgan fingerprint density at radius 2 is 1.83 bits per heavy atom. The maximum atomic E-state index is 14.3. The Balaban J connectivity index is 1.95. The average Bonchev–Trinajstić information content (AvgIpc) is 2.96. The van der Waals surface area contributed by atoms with Crippen molar-refractivity contribution in [2.24, 2.45) is 7.05 Å². The Bertz CT molecular complexity index is 1140. The molecule has 0 aliphatic rings. The summed E-state index contributed by atoms with van der Waals surface area (Å²) in [5, 5.41) is 9.68. The molecule has 1 aromatic carbocycles. The van der Waals surface area contributed by atoms with Crippen LogP contribution in [0.4, 0.5) is 14.5 Å². The van der Waals surface area contributed by atoms with Gasteiger partial charge in [0, 0.05) is 32.5 Å². The molecule has 0 aliphatic carbocycles. The number of rotatable bonds is 6. The van der Waals surface area contributed by atoms with Crippen LogP contribution in [0.3, 0.4) is 0 Å². The maximum Gasteiger partial charge on any atom is 0.256 e. The van der Waals surface area contributed by atoms with E-state index in [1.165, 1.54) is 7.11 Å². The number of halogens is 2. The second-order valence-corrected chi connectivity index (χ2v) is 6.73. The first-order chi connectivity index (χ1) is 14.2. The van der Waals surface area contributed by atoms with Crippen molar-refractivity contribution in [2.45, 2.75) is 13.8 Å². The summed E-state index contributed by atoms with van der Waals surface area (Å²) in [5.74, 6) is -3.41. The zero-order valence-corrected chi connectivity index (χ0v) is 17.0. The highest BCUT2D eigenvalue weighted by Crippen LogP contribution is 2.25. The molecule has 0 atom stereocenters. The number of benzene rings is 1. The molecule has 0 radical (unpaired) electrons. The van der Waals surface area contributed by atoms with Crippen LogP contribution in [0.5, 0.6) is 0 Å². The first-order valence-electron chi connectivity index (χ1n) is 9.11. The van der Waals surface area contributed by atoms with Gasteiger partial charge in [0.2, 0.25) is 0 Å². The molecule has 3 aromatic rings. The van der Waals surface area contributed by atoms with Crippen LogP contribution in [-0.2, 0) is 11.8 Å². The van der Waals surface area contributed by atoms with E-state index >= 15 is 0 Å². The Morgan fingerprint density at radius 1 is 1.10 bits per heavy atom. The number of carbonyl (C=O) groups excluding carboxylic acids is 2. The van der Waals surface area contributed by atoms with Gasteiger partial charge in [-0.2, -0.15) is 5.10 Å². The van der Waals surface area contributed by atoms with Crippen LogP contribution >= 0.6 is 0 Å². The molecule has 2 heterocycles. The molecule has 0 saturated carbocycles. The van der Waals surface area contributed by atoms with E-state index in [4.69, 9.17) is 4.74 Å². The van der Waals surface area contributed by atoms with Gasteiger partial charge in [-0.15, -0.1) is 0 Å². The standard InChI is InChI=1S/C20H21F2N5O3/c1-10-7-13(17-11(2)26-27(3)18(17)24-10)20(29)25-16-8-12(14(21)9-15(16)22)19(28)23-5-6-30-4/h7-9H,5-6H2,1-4H3,(H,23,28)(H,25,29). The number of nitrogens with zero attached hydrogens (tertiary/aromatic N) is 3. The molecular weight excluding hydrogens is 396 g/mol. The van der Waals surface area contributed by atoms with Gasteiger partial charge in [0.1, 0.15) is 11.6 Å². The van der Waals surface area contributed by atoms with E-state index < -0.39 is 29.0 Å². The molecule has 2 aromatic heterocycles. The zero-order chi connectivity index (χ0) is 22.0. The number of ether oxygens (including phenoxy) is 1. The lowest BCUT2D eigenvalue weighted by Gasteiger charge is -2.11. The number of aromatic nitrogens is 3. The molecular formula is C20H21F2N5O3. The number of nitrogens with one attached hydrogen (secondary N) is 2. The third-order valence-corrected chi connectivity index (χ3v) is 4.48. The molecule has 3 rings (SSSR count). The van der Waals surface area contributed by atoms with Gasteiger partial charge in [-0.05, 0) is 26.0 Å². The molecule has 0 spiro atoms. The van der Waals surface area contributed by atoms with Gasteiger partial charge in [0.25, 0.3) is 11.8 Å². The summed E-state index contributed by atoms with van der Waals surface area (Å²) in [6, 6.07) is 3.09. The lowest BCUT2D eigenvalue weighted by Crippen LogP contribution is -2.28. The highest BCUT2D eigenvalue weighted by Gasteiger charge is 2.21. The summed E-state index contributed by atoms with van der Waals surface area (Å²) in [5.41, 5.74) is 1.21. The largest absolute Gasteiger partial charge is 0.383 e. The van der Waals surface area contributed by atoms with E-state index in [-0.39, 0.29) is 24.4 Å². The molecule has 0 saturated heterocycles. The van der Waals surface area contributed by atoms with Crippen LogP contribution in [0, 0.1) is 25.5 Å². The van der Waals surface area contributed by atoms with Crippen LogP contribution in [0.15, 0.2) is 18.2 Å². The van der Waals surface area contributed by atoms with E-state index in [1.807, 2.05) is 0 Å². The molecule has 0 bridgehead atoms. The average molecular weight is 417 g/mol. The first kappa shape index (κ1) is 21.3. The number of hydrogen-bond acceptors (Lipinski definition) is 5. The van der Waals surface area contributed by atoms with Gasteiger partial charge in [-0.1, -0.05) is 0 Å². The maximum absolute atomic E-state index is 14.3. The lowest BCUT2D eigenvalue weighted by atomic mass is 10.1. The third kappa shape index (κ3) is 4.13. The molecule has 30 heavy (non-hydrogen) atoms. The third-order valence-electron chi connectivity index (χ3n) is 4.48. The van der Waals surface area contributed by atoms with Gasteiger partial charge in [-0.25, -0.2) is 13.8 Å². The number of hydrogen-bond donors (Lipinski definition) is 2. The highest BCUT2D eigenvalue weighted by molar-refractivity contribution is 6.13. The topological polar surface area (TPSA) is 98.1 Å². The fourth-order valence-electron chi connectivity index (χ4n) is 3.12. The molecule has 8 nitrogen and oxygen atoms in total. The summed E-state index contributed by atoms with van der Waals surface area (Å²) in [7, 11) is 3.16. The normalized spacial score (nSPS) is 11.0. The minimum absolute atomic E-state index is 0.155. The minimum Gasteiger partial charge on any atom is -0.383 e. The summed E-state index contributed by atoms with van der Waals surface area (Å²) < 4.78 is 34.8. The number of aryl methyl sites for hydroxylation is 3. The molecule has 0 aliphatic heterocycles. The van der Waals surface area contributed by atoms with Crippen molar-refractivity contribution in [3.8, 4) is 0 Å². The molecule has 2 amide bonds. The Hall–Kier alpha value is -3.40. The number of pyridine rings is 1. The van der Waals surface area contributed by atoms with Gasteiger partial charge in [0.15, 0.2) is 5.65 Å². The predicted molar refractivity (Wildman–Crippen MR) is 107 cm³/mol. The second kappa shape index (κ2) is 8.54. The number of carbonyl (C=O) groups is 2. The van der Waals surface area contributed by atoms with Gasteiger partial charge >= 0.3 is 0 Å². The van der Waals surface area contributed by atoms with E-state index in [0.29, 0.717) is 28.5 Å². The van der Waals surface area contributed by atoms with Crippen LogP contribution in [0.2, 0.25) is 0 Å². The fraction of sp³-hybridized carbons (Fsp3) is 0.300. The van der Waals surface area contributed by atoms with Crippen molar-refractivity contribution in [1.29, 1.82) is 0 Å². The van der Waals surface area contributed by atoms with E-state index in [0.717, 1.165) is 6.07 Å². The SMILES string of the molecule is COCCNC(=O)c1cc(NC(=O)c2cc(C)nc3c2c(C)nn3C)c(F)cc1F. The zero-order valence-electron chi connectivity index (χ0n) is 17.0. The second-order valence-electron chi connectivity index (χ2n) is 6.73. The predicted octanol–water partition coefficient (Wildman–Crippen LogP) is 2.49. The van der Waals surface area contributed by atoms with Crippen LogP contribution in [-0.4, -0.2) is 46.8 Å². The van der Waals surface area contributed by atoms with Crippen molar-refractivity contribution in [3.05, 3.63) is 52.3 Å². The highest BCUT2D eigenvalue weighted by atomic mass is 19.1. The van der Waals surface area contributed by atoms with Crippen LogP contribution in [0.25, 0.3) is 11.0 Å². The van der Waals surface area contributed by atoms with Gasteiger partial charge in [-0.3, -0.25) is 14.3 Å². The monoisotopic (exact) mass is 417 g/mol. The number of fused-ring (bicyclic) bond motifs is 1. The summed E-state index contributed by atoms with van der Waals surface area (Å²) in [6.45, 7) is 3.85. The molecule has 0 fully saturated rings. The minimum atomic E-state index is -1.04. The quantitative estimate of drug-likeness (QED) is 0.601. The summed E-state index contributed by atoms with van der Waals surface area (Å²) in [6.07, 6.45) is 0. The lowest BCUT2D eigenvalue weighted by molar-refractivity contribution is 0.0932. The molecule has 0 unspecified atom stereocenters. The van der Waals surface area contributed by atoms with Gasteiger partial charge < -0.3 is 15.4 Å². The van der Waals surface area contributed by atoms with Crippen molar-refractivity contribution in [1.82, 2.24) is 20.1 Å². The van der Waals surface area contributed by atoms with Crippen molar-refractivity contribution < 1.29 is 23.1 Å². The van der Waals surface area contributed by atoms with E-state index in [9.17, 15) is 18.4 Å². The van der Waals surface area contributed by atoms with Crippen LogP contribution in [0.1, 0.15) is 32.1 Å². The first-order valence-corrected chi connectivity index (χ1v) is 9.11.